The van der Waals surface area contributed by atoms with E-state index in [9.17, 15) is 13.2 Å². The maximum Gasteiger partial charge on any atom is 0.251 e. The molecule has 1 aliphatic rings. The molecule has 1 aromatic rings. The molecule has 7 nitrogen and oxygen atoms in total. The topological polar surface area (TPSA) is 87.7 Å². The lowest BCUT2D eigenvalue weighted by molar-refractivity contribution is -0.0440. The minimum Gasteiger partial charge on any atom is -0.373 e. The van der Waals surface area contributed by atoms with Crippen LogP contribution in [0.25, 0.3) is 0 Å². The van der Waals surface area contributed by atoms with Gasteiger partial charge in [0.2, 0.25) is 10.0 Å². The molecule has 2 unspecified atom stereocenters. The number of carbonyl (C=O) groups is 1. The first kappa shape index (κ1) is 22.9. The van der Waals surface area contributed by atoms with E-state index < -0.39 is 10.0 Å². The predicted molar refractivity (Wildman–Crippen MR) is 103 cm³/mol. The van der Waals surface area contributed by atoms with Crippen LogP contribution < -0.4 is 10.6 Å². The number of hydrogen-bond acceptors (Lipinski definition) is 5. The summed E-state index contributed by atoms with van der Waals surface area (Å²) in [7, 11) is -1.72. The molecule has 2 atom stereocenters. The fraction of sp³-hybridized carbons (Fsp3) is 0.588. The Morgan fingerprint density at radius 1 is 1.15 bits per heavy atom. The second-order valence-electron chi connectivity index (χ2n) is 6.32. The molecular formula is C17H28ClN3O4S. The molecule has 0 aromatic heterocycles. The molecule has 1 aromatic carbocycles. The second-order valence-corrected chi connectivity index (χ2v) is 8.25. The van der Waals surface area contributed by atoms with Crippen molar-refractivity contribution in [2.75, 3.05) is 33.2 Å². The van der Waals surface area contributed by atoms with Crippen molar-refractivity contribution in [3.63, 3.8) is 0 Å². The number of sulfonamides is 1. The smallest absolute Gasteiger partial charge is 0.251 e. The number of nitrogens with zero attached hydrogens (tertiary/aromatic N) is 1. The first-order chi connectivity index (χ1) is 11.8. The van der Waals surface area contributed by atoms with Gasteiger partial charge in [-0.15, -0.1) is 12.4 Å². The lowest BCUT2D eigenvalue weighted by Crippen LogP contribution is -2.48. The van der Waals surface area contributed by atoms with Crippen molar-refractivity contribution >= 4 is 28.3 Å². The lowest BCUT2D eigenvalue weighted by Gasteiger charge is -2.34. The van der Waals surface area contributed by atoms with Crippen LogP contribution in [0.15, 0.2) is 29.2 Å². The van der Waals surface area contributed by atoms with Crippen molar-refractivity contribution < 1.29 is 17.9 Å². The van der Waals surface area contributed by atoms with Crippen LogP contribution in [0.2, 0.25) is 0 Å². The first-order valence-corrected chi connectivity index (χ1v) is 9.97. The SMILES string of the molecule is CNCCCNC(=O)c1ccc(S(=O)(=O)N2CC(C)OC(C)C2)cc1.Cl. The molecule has 1 aliphatic heterocycles. The van der Waals surface area contributed by atoms with Gasteiger partial charge >= 0.3 is 0 Å². The van der Waals surface area contributed by atoms with E-state index in [2.05, 4.69) is 10.6 Å². The van der Waals surface area contributed by atoms with Gasteiger partial charge in [-0.2, -0.15) is 4.31 Å². The molecule has 1 heterocycles. The van der Waals surface area contributed by atoms with Crippen molar-refractivity contribution in [2.45, 2.75) is 37.4 Å². The molecule has 0 radical (unpaired) electrons. The summed E-state index contributed by atoms with van der Waals surface area (Å²) in [5, 5.41) is 5.82. The molecule has 0 aliphatic carbocycles. The second kappa shape index (κ2) is 10.2. The normalized spacial score (nSPS) is 21.0. The van der Waals surface area contributed by atoms with Crippen molar-refractivity contribution in [2.24, 2.45) is 0 Å². The zero-order chi connectivity index (χ0) is 18.4. The largest absolute Gasteiger partial charge is 0.373 e. The molecule has 0 saturated carbocycles. The fourth-order valence-corrected chi connectivity index (χ4v) is 4.41. The molecule has 1 saturated heterocycles. The molecule has 1 amide bonds. The maximum atomic E-state index is 12.8. The molecular weight excluding hydrogens is 378 g/mol. The Bertz CT molecular complexity index is 672. The van der Waals surface area contributed by atoms with Crippen molar-refractivity contribution in [1.29, 1.82) is 0 Å². The average molecular weight is 406 g/mol. The lowest BCUT2D eigenvalue weighted by atomic mass is 10.2. The van der Waals surface area contributed by atoms with E-state index in [4.69, 9.17) is 4.74 Å². The fourth-order valence-electron chi connectivity index (χ4n) is 2.82. The van der Waals surface area contributed by atoms with Crippen molar-refractivity contribution in [1.82, 2.24) is 14.9 Å². The van der Waals surface area contributed by atoms with Gasteiger partial charge in [-0.05, 0) is 58.1 Å². The van der Waals surface area contributed by atoms with Gasteiger partial charge in [0.25, 0.3) is 5.91 Å². The van der Waals surface area contributed by atoms with E-state index in [-0.39, 0.29) is 35.4 Å². The first-order valence-electron chi connectivity index (χ1n) is 8.53. The number of ether oxygens (including phenoxy) is 1. The standard InChI is InChI=1S/C17H27N3O4S.ClH/c1-13-11-20(12-14(2)24-13)25(22,23)16-7-5-15(6-8-16)17(21)19-10-4-9-18-3;/h5-8,13-14,18H,4,9-12H2,1-3H3,(H,19,21);1H. The van der Waals surface area contributed by atoms with E-state index in [1.54, 1.807) is 12.1 Å². The van der Waals surface area contributed by atoms with E-state index >= 15 is 0 Å². The third-order valence-electron chi connectivity index (χ3n) is 4.03. The van der Waals surface area contributed by atoms with Crippen LogP contribution in [0.4, 0.5) is 0 Å². The molecule has 26 heavy (non-hydrogen) atoms. The van der Waals surface area contributed by atoms with Crippen molar-refractivity contribution in [3.05, 3.63) is 29.8 Å². The zero-order valence-electron chi connectivity index (χ0n) is 15.4. The van der Waals surface area contributed by atoms with Gasteiger partial charge in [0, 0.05) is 25.2 Å². The highest BCUT2D eigenvalue weighted by molar-refractivity contribution is 7.89. The van der Waals surface area contributed by atoms with Crippen LogP contribution in [0.3, 0.4) is 0 Å². The summed E-state index contributed by atoms with van der Waals surface area (Å²) in [5.74, 6) is -0.200. The number of morpholine rings is 1. The summed E-state index contributed by atoms with van der Waals surface area (Å²) in [6.07, 6.45) is 0.560. The van der Waals surface area contributed by atoms with E-state index in [1.807, 2.05) is 20.9 Å². The molecule has 0 spiro atoms. The Hall–Kier alpha value is -1.19. The summed E-state index contributed by atoms with van der Waals surface area (Å²) in [5.41, 5.74) is 0.451. The van der Waals surface area contributed by atoms with Crippen LogP contribution in [0.1, 0.15) is 30.6 Å². The van der Waals surface area contributed by atoms with Gasteiger partial charge in [0.15, 0.2) is 0 Å². The third kappa shape index (κ3) is 5.92. The van der Waals surface area contributed by atoms with Gasteiger partial charge < -0.3 is 15.4 Å². The number of carbonyl (C=O) groups excluding carboxylic acids is 1. The Morgan fingerprint density at radius 3 is 2.27 bits per heavy atom. The van der Waals surface area contributed by atoms with Crippen LogP contribution in [-0.4, -0.2) is 64.1 Å². The number of benzene rings is 1. The van der Waals surface area contributed by atoms with Crippen LogP contribution in [-0.2, 0) is 14.8 Å². The summed E-state index contributed by atoms with van der Waals surface area (Å²) < 4.78 is 32.6. The van der Waals surface area contributed by atoms with E-state index in [0.29, 0.717) is 25.2 Å². The van der Waals surface area contributed by atoms with E-state index in [0.717, 1.165) is 13.0 Å². The summed E-state index contributed by atoms with van der Waals surface area (Å²) in [6.45, 7) is 5.79. The van der Waals surface area contributed by atoms with Gasteiger partial charge in [-0.25, -0.2) is 8.42 Å². The summed E-state index contributed by atoms with van der Waals surface area (Å²) in [4.78, 5) is 12.2. The summed E-state index contributed by atoms with van der Waals surface area (Å²) in [6, 6.07) is 6.08. The van der Waals surface area contributed by atoms with E-state index in [1.165, 1.54) is 16.4 Å². The highest BCUT2D eigenvalue weighted by atomic mass is 35.5. The average Bonchev–Trinajstić information content (AvgIpc) is 2.58. The van der Waals surface area contributed by atoms with Crippen LogP contribution in [0, 0.1) is 0 Å². The quantitative estimate of drug-likeness (QED) is 0.666. The highest BCUT2D eigenvalue weighted by Crippen LogP contribution is 2.21. The van der Waals surface area contributed by atoms with Gasteiger partial charge in [0.1, 0.15) is 0 Å². The van der Waals surface area contributed by atoms with Gasteiger partial charge in [-0.1, -0.05) is 0 Å². The zero-order valence-corrected chi connectivity index (χ0v) is 17.0. The van der Waals surface area contributed by atoms with Crippen LogP contribution in [0.5, 0.6) is 0 Å². The van der Waals surface area contributed by atoms with Gasteiger partial charge in [-0.3, -0.25) is 4.79 Å². The Kier molecular flexibility index (Phi) is 8.99. The molecule has 0 bridgehead atoms. The summed E-state index contributed by atoms with van der Waals surface area (Å²) >= 11 is 0. The monoisotopic (exact) mass is 405 g/mol. The predicted octanol–water partition coefficient (Wildman–Crippen LogP) is 1.25. The molecule has 148 valence electrons. The highest BCUT2D eigenvalue weighted by Gasteiger charge is 2.32. The number of hydrogen-bond donors (Lipinski definition) is 2. The Morgan fingerprint density at radius 2 is 1.73 bits per heavy atom. The molecule has 2 rings (SSSR count). The van der Waals surface area contributed by atoms with Crippen molar-refractivity contribution in [3.8, 4) is 0 Å². The van der Waals surface area contributed by atoms with Gasteiger partial charge in [0.05, 0.1) is 17.1 Å². The minimum absolute atomic E-state index is 0. The number of amides is 1. The molecule has 9 heteroatoms. The molecule has 1 fully saturated rings. The maximum absolute atomic E-state index is 12.8. The number of rotatable bonds is 7. The number of halogens is 1. The molecule has 2 N–H and O–H groups in total. The number of nitrogens with one attached hydrogen (secondary N) is 2. The minimum atomic E-state index is -3.58. The third-order valence-corrected chi connectivity index (χ3v) is 5.88. The van der Waals surface area contributed by atoms with Crippen LogP contribution >= 0.6 is 12.4 Å². The Labute approximate surface area is 161 Å². The Balaban J connectivity index is 0.00000338.